The van der Waals surface area contributed by atoms with E-state index in [-0.39, 0.29) is 27.8 Å². The highest BCUT2D eigenvalue weighted by atomic mass is 35.5. The zero-order valence-corrected chi connectivity index (χ0v) is 14.1. The van der Waals surface area contributed by atoms with Crippen molar-refractivity contribution in [3.8, 4) is 0 Å². The first-order chi connectivity index (χ1) is 10.3. The fourth-order valence-corrected chi connectivity index (χ4v) is 2.85. The van der Waals surface area contributed by atoms with Crippen molar-refractivity contribution in [2.24, 2.45) is 0 Å². The number of amides is 1. The molecule has 5 nitrogen and oxygen atoms in total. The van der Waals surface area contributed by atoms with Gasteiger partial charge in [-0.05, 0) is 26.0 Å². The van der Waals surface area contributed by atoms with Gasteiger partial charge in [-0.3, -0.25) is 14.2 Å². The lowest BCUT2D eigenvalue weighted by molar-refractivity contribution is -0.116. The summed E-state index contributed by atoms with van der Waals surface area (Å²) in [6, 6.07) is 4.30. The van der Waals surface area contributed by atoms with Gasteiger partial charge in [-0.2, -0.15) is 0 Å². The van der Waals surface area contributed by atoms with Gasteiger partial charge in [0, 0.05) is 16.8 Å². The van der Waals surface area contributed by atoms with E-state index in [1.165, 1.54) is 22.8 Å². The molecule has 0 radical (unpaired) electrons. The molecule has 0 unspecified atom stereocenters. The van der Waals surface area contributed by atoms with E-state index in [9.17, 15) is 9.59 Å². The molecule has 116 valence electrons. The number of nitrogens with one attached hydrogen (secondary N) is 1. The van der Waals surface area contributed by atoms with E-state index in [0.717, 1.165) is 0 Å². The van der Waals surface area contributed by atoms with Crippen molar-refractivity contribution >= 4 is 46.4 Å². The van der Waals surface area contributed by atoms with E-state index in [0.29, 0.717) is 16.5 Å². The van der Waals surface area contributed by atoms with E-state index in [4.69, 9.17) is 34.8 Å². The molecule has 2 rings (SSSR count). The average Bonchev–Trinajstić information content (AvgIpc) is 2.38. The van der Waals surface area contributed by atoms with Gasteiger partial charge in [0.25, 0.3) is 5.56 Å². The number of anilines is 1. The molecule has 22 heavy (non-hydrogen) atoms. The molecule has 0 saturated carbocycles. The molecular formula is C14H12Cl3N3O2. The highest BCUT2D eigenvalue weighted by Gasteiger charge is 2.13. The minimum atomic E-state index is -0.443. The Bertz CT molecular complexity index is 779. The molecular weight excluding hydrogens is 349 g/mol. The summed E-state index contributed by atoms with van der Waals surface area (Å²) in [5.74, 6) is 0.00965. The molecule has 1 N–H and O–H groups in total. The van der Waals surface area contributed by atoms with E-state index < -0.39 is 5.91 Å². The van der Waals surface area contributed by atoms with E-state index in [1.807, 2.05) is 0 Å². The molecule has 0 saturated heterocycles. The molecule has 0 fully saturated rings. The number of carbonyl (C=O) groups is 1. The maximum Gasteiger partial charge on any atom is 0.254 e. The topological polar surface area (TPSA) is 64.0 Å². The van der Waals surface area contributed by atoms with Gasteiger partial charge in [0.1, 0.15) is 12.4 Å². The highest BCUT2D eigenvalue weighted by molar-refractivity contribution is 6.42. The van der Waals surface area contributed by atoms with Crippen molar-refractivity contribution in [2.45, 2.75) is 20.4 Å². The third-order valence-corrected chi connectivity index (χ3v) is 3.71. The lowest BCUT2D eigenvalue weighted by Gasteiger charge is -2.12. The standard InChI is InChI=1S/C14H12Cl3N3O2/c1-7-3-13(22)20(8(2)18-7)6-12(21)19-14-10(16)4-9(15)5-11(14)17/h3-5H,6H2,1-2H3,(H,19,21). The van der Waals surface area contributed by atoms with E-state index >= 15 is 0 Å². The Labute approximate surface area is 141 Å². The van der Waals surface area contributed by atoms with Crippen LogP contribution in [0.5, 0.6) is 0 Å². The summed E-state index contributed by atoms with van der Waals surface area (Å²) in [5.41, 5.74) is 0.555. The Morgan fingerprint density at radius 1 is 1.18 bits per heavy atom. The summed E-state index contributed by atoms with van der Waals surface area (Å²) in [6.45, 7) is 3.18. The molecule has 1 aromatic carbocycles. The van der Waals surface area contributed by atoms with Crippen molar-refractivity contribution in [3.63, 3.8) is 0 Å². The van der Waals surface area contributed by atoms with Gasteiger partial charge in [0.2, 0.25) is 5.91 Å². The molecule has 0 aliphatic rings. The van der Waals surface area contributed by atoms with E-state index in [1.54, 1.807) is 13.8 Å². The molecule has 0 aliphatic carbocycles. The summed E-state index contributed by atoms with van der Waals surface area (Å²) in [6.07, 6.45) is 0. The largest absolute Gasteiger partial charge is 0.322 e. The Morgan fingerprint density at radius 2 is 1.77 bits per heavy atom. The molecule has 1 aromatic heterocycles. The predicted octanol–water partition coefficient (Wildman–Crippen LogP) is 3.46. The number of carbonyl (C=O) groups excluding carboxylic acids is 1. The number of nitrogens with zero attached hydrogens (tertiary/aromatic N) is 2. The summed E-state index contributed by atoms with van der Waals surface area (Å²) < 4.78 is 1.26. The van der Waals surface area contributed by atoms with Crippen LogP contribution in [0.1, 0.15) is 11.5 Å². The van der Waals surface area contributed by atoms with Crippen molar-refractivity contribution in [3.05, 3.63) is 55.1 Å². The van der Waals surface area contributed by atoms with Gasteiger partial charge in [0.15, 0.2) is 0 Å². The molecule has 0 bridgehead atoms. The predicted molar refractivity (Wildman–Crippen MR) is 88.1 cm³/mol. The van der Waals surface area contributed by atoms with Crippen molar-refractivity contribution in [1.82, 2.24) is 9.55 Å². The van der Waals surface area contributed by atoms with Crippen LogP contribution in [0.4, 0.5) is 5.69 Å². The van der Waals surface area contributed by atoms with Crippen LogP contribution in [-0.2, 0) is 11.3 Å². The summed E-state index contributed by atoms with van der Waals surface area (Å²) in [5, 5.41) is 3.38. The summed E-state index contributed by atoms with van der Waals surface area (Å²) >= 11 is 17.8. The lowest BCUT2D eigenvalue weighted by Crippen LogP contribution is -2.30. The first kappa shape index (κ1) is 16.8. The summed E-state index contributed by atoms with van der Waals surface area (Å²) in [7, 11) is 0. The normalized spacial score (nSPS) is 10.6. The lowest BCUT2D eigenvalue weighted by atomic mass is 10.3. The average molecular weight is 361 g/mol. The second-order valence-corrected chi connectivity index (χ2v) is 5.91. The zero-order valence-electron chi connectivity index (χ0n) is 11.8. The second-order valence-electron chi connectivity index (χ2n) is 4.66. The third kappa shape index (κ3) is 3.80. The first-order valence-electron chi connectivity index (χ1n) is 6.27. The van der Waals surface area contributed by atoms with Gasteiger partial charge >= 0.3 is 0 Å². The third-order valence-electron chi connectivity index (χ3n) is 2.90. The Morgan fingerprint density at radius 3 is 2.32 bits per heavy atom. The SMILES string of the molecule is Cc1cc(=O)n(CC(=O)Nc2c(Cl)cc(Cl)cc2Cl)c(C)n1. The van der Waals surface area contributed by atoms with Gasteiger partial charge in [-0.1, -0.05) is 34.8 Å². The Hall–Kier alpha value is -1.56. The molecule has 1 heterocycles. The molecule has 0 aliphatic heterocycles. The maximum atomic E-state index is 12.1. The minimum absolute atomic E-state index is 0.187. The highest BCUT2D eigenvalue weighted by Crippen LogP contribution is 2.33. The zero-order chi connectivity index (χ0) is 16.4. The molecule has 0 spiro atoms. The molecule has 1 amide bonds. The number of benzene rings is 1. The Balaban J connectivity index is 2.24. The second kappa shape index (κ2) is 6.69. The number of aromatic nitrogens is 2. The maximum absolute atomic E-state index is 12.1. The van der Waals surface area contributed by atoms with Crippen molar-refractivity contribution < 1.29 is 4.79 Å². The number of halogens is 3. The van der Waals surface area contributed by atoms with Crippen LogP contribution in [0.15, 0.2) is 23.0 Å². The molecule has 8 heteroatoms. The van der Waals surface area contributed by atoms with Crippen LogP contribution in [-0.4, -0.2) is 15.5 Å². The molecule has 2 aromatic rings. The quantitative estimate of drug-likeness (QED) is 0.911. The van der Waals surface area contributed by atoms with Crippen LogP contribution in [0.2, 0.25) is 15.1 Å². The number of hydrogen-bond donors (Lipinski definition) is 1. The van der Waals surface area contributed by atoms with Gasteiger partial charge < -0.3 is 5.32 Å². The minimum Gasteiger partial charge on any atom is -0.322 e. The fraction of sp³-hybridized carbons (Fsp3) is 0.214. The van der Waals surface area contributed by atoms with Gasteiger partial charge in [-0.15, -0.1) is 0 Å². The number of aryl methyl sites for hydroxylation is 2. The molecule has 0 atom stereocenters. The number of hydrogen-bond acceptors (Lipinski definition) is 3. The van der Waals surface area contributed by atoms with Crippen LogP contribution in [0.25, 0.3) is 0 Å². The van der Waals surface area contributed by atoms with Gasteiger partial charge in [-0.25, -0.2) is 4.98 Å². The fourth-order valence-electron chi connectivity index (χ4n) is 1.94. The van der Waals surface area contributed by atoms with Crippen LogP contribution in [0, 0.1) is 13.8 Å². The Kier molecular flexibility index (Phi) is 5.11. The summed E-state index contributed by atoms with van der Waals surface area (Å²) in [4.78, 5) is 28.2. The van der Waals surface area contributed by atoms with Crippen LogP contribution < -0.4 is 10.9 Å². The monoisotopic (exact) mass is 359 g/mol. The number of rotatable bonds is 3. The smallest absolute Gasteiger partial charge is 0.254 e. The van der Waals surface area contributed by atoms with Gasteiger partial charge in [0.05, 0.1) is 15.7 Å². The van der Waals surface area contributed by atoms with E-state index in [2.05, 4.69) is 10.3 Å². The van der Waals surface area contributed by atoms with Crippen LogP contribution >= 0.6 is 34.8 Å². The van der Waals surface area contributed by atoms with Crippen LogP contribution in [0.3, 0.4) is 0 Å². The first-order valence-corrected chi connectivity index (χ1v) is 7.41. The van der Waals surface area contributed by atoms with Crippen molar-refractivity contribution in [2.75, 3.05) is 5.32 Å². The van der Waals surface area contributed by atoms with Crippen molar-refractivity contribution in [1.29, 1.82) is 0 Å².